The Labute approximate surface area is 187 Å². The van der Waals surface area contributed by atoms with Gasteiger partial charge in [-0.25, -0.2) is 4.68 Å². The lowest BCUT2D eigenvalue weighted by Crippen LogP contribution is -2.24. The predicted molar refractivity (Wildman–Crippen MR) is 125 cm³/mol. The van der Waals surface area contributed by atoms with Crippen LogP contribution in [0.15, 0.2) is 30.3 Å². The lowest BCUT2D eigenvalue weighted by atomic mass is 10.0. The lowest BCUT2D eigenvalue weighted by Gasteiger charge is -2.21. The molecule has 0 aliphatic rings. The van der Waals surface area contributed by atoms with Gasteiger partial charge >= 0.3 is 0 Å². The van der Waals surface area contributed by atoms with E-state index in [0.717, 1.165) is 11.3 Å². The fraction of sp³-hybridized carbons (Fsp3) is 0.391. The van der Waals surface area contributed by atoms with Gasteiger partial charge in [0.1, 0.15) is 17.1 Å². The van der Waals surface area contributed by atoms with Crippen molar-refractivity contribution in [3.8, 4) is 11.3 Å². The molecule has 2 aromatic heterocycles. The van der Waals surface area contributed by atoms with Crippen molar-refractivity contribution >= 4 is 23.5 Å². The number of anilines is 2. The standard InChI is InChI=1S/C23H31N7O2/c1-13(2)29-21(24)19(22(25)32)20(28-29)16-9-7-15(8-10-16)12-18(31)26-17-11-14(3)30(27-17)23(4,5)6/h7-11,13H,12,24H2,1-6H3,(H2,25,32)(H,26,27,31). The first-order valence-electron chi connectivity index (χ1n) is 10.5. The minimum Gasteiger partial charge on any atom is -0.383 e. The number of hydrogen-bond donors (Lipinski definition) is 3. The Hall–Kier alpha value is -3.62. The summed E-state index contributed by atoms with van der Waals surface area (Å²) in [5, 5.41) is 11.8. The van der Waals surface area contributed by atoms with Crippen molar-refractivity contribution in [3.05, 3.63) is 47.2 Å². The molecule has 3 aromatic rings. The van der Waals surface area contributed by atoms with Gasteiger partial charge in [0, 0.05) is 23.4 Å². The zero-order valence-electron chi connectivity index (χ0n) is 19.4. The first kappa shape index (κ1) is 23.1. The van der Waals surface area contributed by atoms with Crippen LogP contribution < -0.4 is 16.8 Å². The Morgan fingerprint density at radius 3 is 2.25 bits per heavy atom. The van der Waals surface area contributed by atoms with E-state index in [9.17, 15) is 9.59 Å². The number of hydrogen-bond acceptors (Lipinski definition) is 5. The van der Waals surface area contributed by atoms with Crippen molar-refractivity contribution in [3.63, 3.8) is 0 Å². The molecule has 0 fully saturated rings. The highest BCUT2D eigenvalue weighted by Gasteiger charge is 2.23. The molecule has 9 heteroatoms. The number of nitrogens with two attached hydrogens (primary N) is 2. The Balaban J connectivity index is 1.77. The first-order valence-corrected chi connectivity index (χ1v) is 10.5. The lowest BCUT2D eigenvalue weighted by molar-refractivity contribution is -0.115. The molecule has 0 atom stereocenters. The zero-order valence-corrected chi connectivity index (χ0v) is 19.4. The van der Waals surface area contributed by atoms with Crippen molar-refractivity contribution in [2.45, 2.75) is 59.5 Å². The third-order valence-corrected chi connectivity index (χ3v) is 5.07. The average molecular weight is 438 g/mol. The van der Waals surface area contributed by atoms with Gasteiger partial charge in [-0.3, -0.25) is 14.3 Å². The van der Waals surface area contributed by atoms with Crippen molar-refractivity contribution in [2.75, 3.05) is 11.1 Å². The van der Waals surface area contributed by atoms with Crippen LogP contribution in [0.5, 0.6) is 0 Å². The van der Waals surface area contributed by atoms with Crippen molar-refractivity contribution in [2.24, 2.45) is 5.73 Å². The number of nitrogen functional groups attached to an aromatic ring is 1. The maximum atomic E-state index is 12.5. The molecular weight excluding hydrogens is 406 g/mol. The molecule has 0 bridgehead atoms. The van der Waals surface area contributed by atoms with Gasteiger partial charge in [0.25, 0.3) is 5.91 Å². The Morgan fingerprint density at radius 2 is 1.75 bits per heavy atom. The van der Waals surface area contributed by atoms with Gasteiger partial charge in [-0.1, -0.05) is 24.3 Å². The van der Waals surface area contributed by atoms with E-state index >= 15 is 0 Å². The SMILES string of the molecule is Cc1cc(NC(=O)Cc2ccc(-c3nn(C(C)C)c(N)c3C(N)=O)cc2)nn1C(C)(C)C. The first-order chi connectivity index (χ1) is 14.9. The summed E-state index contributed by atoms with van der Waals surface area (Å²) in [4.78, 5) is 24.5. The number of nitrogens with zero attached hydrogens (tertiary/aromatic N) is 4. The molecule has 0 saturated carbocycles. The number of primary amides is 1. The molecule has 0 spiro atoms. The average Bonchev–Trinajstić information content (AvgIpc) is 3.22. The van der Waals surface area contributed by atoms with Gasteiger partial charge in [-0.15, -0.1) is 0 Å². The third kappa shape index (κ3) is 4.66. The highest BCUT2D eigenvalue weighted by molar-refractivity contribution is 6.03. The van der Waals surface area contributed by atoms with E-state index in [4.69, 9.17) is 11.5 Å². The van der Waals surface area contributed by atoms with Gasteiger partial charge in [-0.2, -0.15) is 10.2 Å². The molecule has 0 saturated heterocycles. The van der Waals surface area contributed by atoms with Crippen LogP contribution in [0, 0.1) is 6.92 Å². The molecule has 5 N–H and O–H groups in total. The second-order valence-electron chi connectivity index (χ2n) is 9.19. The Bertz CT molecular complexity index is 1150. The highest BCUT2D eigenvalue weighted by Crippen LogP contribution is 2.29. The van der Waals surface area contributed by atoms with E-state index in [1.54, 1.807) is 16.8 Å². The van der Waals surface area contributed by atoms with E-state index in [2.05, 4.69) is 36.3 Å². The number of rotatable bonds is 6. The normalized spacial score (nSPS) is 11.7. The summed E-state index contributed by atoms with van der Waals surface area (Å²) in [5.41, 5.74) is 14.6. The largest absolute Gasteiger partial charge is 0.383 e. The van der Waals surface area contributed by atoms with Gasteiger partial charge < -0.3 is 16.8 Å². The van der Waals surface area contributed by atoms with Gasteiger partial charge in [0.2, 0.25) is 5.91 Å². The molecule has 3 rings (SSSR count). The fourth-order valence-corrected chi connectivity index (χ4v) is 3.65. The smallest absolute Gasteiger partial charge is 0.254 e. The monoisotopic (exact) mass is 437 g/mol. The van der Waals surface area contributed by atoms with E-state index in [-0.39, 0.29) is 35.3 Å². The maximum absolute atomic E-state index is 12.5. The molecule has 2 heterocycles. The van der Waals surface area contributed by atoms with E-state index in [1.807, 2.05) is 43.7 Å². The number of aromatic nitrogens is 4. The molecule has 0 aliphatic carbocycles. The summed E-state index contributed by atoms with van der Waals surface area (Å²) in [6.07, 6.45) is 0.187. The number of amides is 2. The zero-order chi connectivity index (χ0) is 23.8. The molecule has 0 aliphatic heterocycles. The summed E-state index contributed by atoms with van der Waals surface area (Å²) in [6.45, 7) is 12.0. The Morgan fingerprint density at radius 1 is 1.12 bits per heavy atom. The number of nitrogens with one attached hydrogen (secondary N) is 1. The van der Waals surface area contributed by atoms with Crippen LogP contribution in [-0.2, 0) is 16.8 Å². The molecule has 170 valence electrons. The van der Waals surface area contributed by atoms with Crippen LogP contribution in [0.1, 0.15) is 62.3 Å². The third-order valence-electron chi connectivity index (χ3n) is 5.07. The minimum absolute atomic E-state index is 0.0183. The van der Waals surface area contributed by atoms with Crippen LogP contribution in [0.4, 0.5) is 11.6 Å². The number of aryl methyl sites for hydroxylation is 1. The van der Waals surface area contributed by atoms with E-state index in [0.29, 0.717) is 17.1 Å². The summed E-state index contributed by atoms with van der Waals surface area (Å²) in [6, 6.07) is 9.09. The summed E-state index contributed by atoms with van der Waals surface area (Å²) >= 11 is 0. The van der Waals surface area contributed by atoms with Gasteiger partial charge in [0.15, 0.2) is 5.82 Å². The van der Waals surface area contributed by atoms with Crippen LogP contribution in [0.3, 0.4) is 0 Å². The molecule has 1 aromatic carbocycles. The van der Waals surface area contributed by atoms with Crippen LogP contribution in [-0.4, -0.2) is 31.4 Å². The molecule has 2 amide bonds. The van der Waals surface area contributed by atoms with E-state index < -0.39 is 5.91 Å². The fourth-order valence-electron chi connectivity index (χ4n) is 3.65. The maximum Gasteiger partial charge on any atom is 0.254 e. The molecule has 32 heavy (non-hydrogen) atoms. The van der Waals surface area contributed by atoms with Crippen molar-refractivity contribution < 1.29 is 9.59 Å². The van der Waals surface area contributed by atoms with Crippen molar-refractivity contribution in [1.82, 2.24) is 19.6 Å². The number of benzene rings is 1. The number of carbonyl (C=O) groups excluding carboxylic acids is 2. The number of carbonyl (C=O) groups is 2. The van der Waals surface area contributed by atoms with Crippen LogP contribution in [0.2, 0.25) is 0 Å². The molecular formula is C23H31N7O2. The second-order valence-corrected chi connectivity index (χ2v) is 9.19. The summed E-state index contributed by atoms with van der Waals surface area (Å²) in [5.74, 6) is -0.0175. The summed E-state index contributed by atoms with van der Waals surface area (Å²) < 4.78 is 3.46. The van der Waals surface area contributed by atoms with Crippen molar-refractivity contribution in [1.29, 1.82) is 0 Å². The van der Waals surface area contributed by atoms with Crippen LogP contribution in [0.25, 0.3) is 11.3 Å². The topological polar surface area (TPSA) is 134 Å². The molecule has 0 radical (unpaired) electrons. The minimum atomic E-state index is -0.627. The van der Waals surface area contributed by atoms with Gasteiger partial charge in [0.05, 0.1) is 12.0 Å². The molecule has 9 nitrogen and oxygen atoms in total. The van der Waals surface area contributed by atoms with Gasteiger partial charge in [-0.05, 0) is 47.1 Å². The highest BCUT2D eigenvalue weighted by atomic mass is 16.2. The Kier molecular flexibility index (Phi) is 6.11. The second kappa shape index (κ2) is 8.49. The molecule has 0 unspecified atom stereocenters. The summed E-state index contributed by atoms with van der Waals surface area (Å²) in [7, 11) is 0. The quantitative estimate of drug-likeness (QED) is 0.544. The predicted octanol–water partition coefficient (Wildman–Crippen LogP) is 3.25. The van der Waals surface area contributed by atoms with E-state index in [1.165, 1.54) is 0 Å². The van der Waals surface area contributed by atoms with Crippen LogP contribution >= 0.6 is 0 Å².